The fraction of sp³-hybridized carbons (Fsp3) is 0.588. The van der Waals surface area contributed by atoms with E-state index in [1.54, 1.807) is 0 Å². The Morgan fingerprint density at radius 2 is 1.70 bits per heavy atom. The highest BCUT2D eigenvalue weighted by Crippen LogP contribution is 2.16. The molecule has 2 fully saturated rings. The number of carbonyl (C=O) groups is 1. The van der Waals surface area contributed by atoms with Crippen LogP contribution in [0.5, 0.6) is 0 Å². The smallest absolute Gasteiger partial charge is 0.253 e. The number of hydrogen-bond acceptors (Lipinski definition) is 3. The van der Waals surface area contributed by atoms with Gasteiger partial charge in [0, 0.05) is 42.8 Å². The molecule has 6 heteroatoms. The molecule has 2 aliphatic heterocycles. The first-order valence-electron chi connectivity index (χ1n) is 8.20. The minimum atomic E-state index is 0. The highest BCUT2D eigenvalue weighted by Gasteiger charge is 2.24. The lowest BCUT2D eigenvalue weighted by atomic mass is 9.97. The van der Waals surface area contributed by atoms with Gasteiger partial charge in [0.2, 0.25) is 0 Å². The molecule has 0 aromatic heterocycles. The van der Waals surface area contributed by atoms with Crippen LogP contribution in [0.15, 0.2) is 28.7 Å². The standard InChI is InChI=1S/C17H24BrN3O.ClH/c18-16-3-1-15(2-4-16)17(22)21-11-9-20(10-12-21)13-14-5-7-19-8-6-14;/h1-4,14,19H,5-13H2;1H. The van der Waals surface area contributed by atoms with Crippen molar-refractivity contribution >= 4 is 34.2 Å². The first-order chi connectivity index (χ1) is 10.7. The lowest BCUT2D eigenvalue weighted by Crippen LogP contribution is -2.50. The van der Waals surface area contributed by atoms with Crippen LogP contribution in [0, 0.1) is 5.92 Å². The second kappa shape index (κ2) is 9.02. The second-order valence-corrected chi connectivity index (χ2v) is 7.21. The van der Waals surface area contributed by atoms with E-state index in [-0.39, 0.29) is 18.3 Å². The third kappa shape index (κ3) is 5.18. The largest absolute Gasteiger partial charge is 0.336 e. The normalized spacial score (nSPS) is 20.1. The molecule has 0 unspecified atom stereocenters. The summed E-state index contributed by atoms with van der Waals surface area (Å²) in [5.74, 6) is 0.990. The van der Waals surface area contributed by atoms with E-state index in [1.807, 2.05) is 29.2 Å². The molecule has 0 radical (unpaired) electrons. The maximum atomic E-state index is 12.5. The lowest BCUT2D eigenvalue weighted by molar-refractivity contribution is 0.0608. The number of carbonyl (C=O) groups excluding carboxylic acids is 1. The molecular weight excluding hydrogens is 378 g/mol. The molecule has 0 spiro atoms. The first-order valence-corrected chi connectivity index (χ1v) is 8.99. The quantitative estimate of drug-likeness (QED) is 0.844. The third-order valence-corrected chi connectivity index (χ3v) is 5.25. The Kier molecular flexibility index (Phi) is 7.34. The minimum Gasteiger partial charge on any atom is -0.336 e. The number of amides is 1. The summed E-state index contributed by atoms with van der Waals surface area (Å²) >= 11 is 3.41. The van der Waals surface area contributed by atoms with E-state index in [1.165, 1.54) is 19.4 Å². The molecule has 3 rings (SSSR count). The van der Waals surface area contributed by atoms with E-state index in [0.29, 0.717) is 0 Å². The second-order valence-electron chi connectivity index (χ2n) is 6.29. The number of piperazine rings is 1. The van der Waals surface area contributed by atoms with Crippen molar-refractivity contribution < 1.29 is 4.79 Å². The van der Waals surface area contributed by atoms with Crippen LogP contribution in [0.1, 0.15) is 23.2 Å². The predicted molar refractivity (Wildman–Crippen MR) is 99.3 cm³/mol. The van der Waals surface area contributed by atoms with E-state index in [4.69, 9.17) is 0 Å². The van der Waals surface area contributed by atoms with Crippen molar-refractivity contribution in [3.05, 3.63) is 34.3 Å². The Labute approximate surface area is 153 Å². The molecule has 23 heavy (non-hydrogen) atoms. The summed E-state index contributed by atoms with van der Waals surface area (Å²) in [6.45, 7) is 7.22. The van der Waals surface area contributed by atoms with Crippen LogP contribution < -0.4 is 5.32 Å². The Morgan fingerprint density at radius 3 is 2.30 bits per heavy atom. The van der Waals surface area contributed by atoms with Gasteiger partial charge in [-0.25, -0.2) is 0 Å². The number of piperidine rings is 1. The van der Waals surface area contributed by atoms with Gasteiger partial charge in [-0.3, -0.25) is 9.69 Å². The summed E-state index contributed by atoms with van der Waals surface area (Å²) < 4.78 is 1.01. The Bertz CT molecular complexity index is 497. The van der Waals surface area contributed by atoms with Crippen molar-refractivity contribution in [2.24, 2.45) is 5.92 Å². The summed E-state index contributed by atoms with van der Waals surface area (Å²) in [6, 6.07) is 7.66. The molecule has 0 aliphatic carbocycles. The van der Waals surface area contributed by atoms with Crippen molar-refractivity contribution in [3.63, 3.8) is 0 Å². The summed E-state index contributed by atoms with van der Waals surface area (Å²) in [7, 11) is 0. The van der Waals surface area contributed by atoms with Crippen LogP contribution in [-0.2, 0) is 0 Å². The van der Waals surface area contributed by atoms with Crippen LogP contribution in [-0.4, -0.2) is 61.5 Å². The maximum Gasteiger partial charge on any atom is 0.253 e. The zero-order valence-corrected chi connectivity index (χ0v) is 15.7. The Hall–Kier alpha value is -0.620. The van der Waals surface area contributed by atoms with Crippen molar-refractivity contribution in [1.29, 1.82) is 0 Å². The van der Waals surface area contributed by atoms with E-state index >= 15 is 0 Å². The van der Waals surface area contributed by atoms with Crippen LogP contribution in [0.2, 0.25) is 0 Å². The molecule has 1 amide bonds. The molecule has 0 atom stereocenters. The first kappa shape index (κ1) is 18.7. The van der Waals surface area contributed by atoms with Crippen molar-refractivity contribution in [2.45, 2.75) is 12.8 Å². The zero-order chi connectivity index (χ0) is 15.4. The van der Waals surface area contributed by atoms with Crippen LogP contribution in [0.25, 0.3) is 0 Å². The highest BCUT2D eigenvalue weighted by molar-refractivity contribution is 9.10. The molecule has 128 valence electrons. The van der Waals surface area contributed by atoms with Gasteiger partial charge < -0.3 is 10.2 Å². The molecule has 1 aromatic carbocycles. The molecule has 0 saturated carbocycles. The number of rotatable bonds is 3. The monoisotopic (exact) mass is 401 g/mol. The fourth-order valence-corrected chi connectivity index (χ4v) is 3.60. The van der Waals surface area contributed by atoms with Gasteiger partial charge >= 0.3 is 0 Å². The Morgan fingerprint density at radius 1 is 1.09 bits per heavy atom. The van der Waals surface area contributed by atoms with Crippen LogP contribution in [0.3, 0.4) is 0 Å². The molecule has 1 N–H and O–H groups in total. The molecule has 2 saturated heterocycles. The number of hydrogen-bond donors (Lipinski definition) is 1. The summed E-state index contributed by atoms with van der Waals surface area (Å²) in [5.41, 5.74) is 0.787. The summed E-state index contributed by atoms with van der Waals surface area (Å²) in [4.78, 5) is 17.0. The average Bonchev–Trinajstić information content (AvgIpc) is 2.57. The summed E-state index contributed by atoms with van der Waals surface area (Å²) in [5, 5.41) is 3.42. The van der Waals surface area contributed by atoms with E-state index in [0.717, 1.165) is 55.2 Å². The molecule has 0 bridgehead atoms. The van der Waals surface area contributed by atoms with Crippen LogP contribution >= 0.6 is 28.3 Å². The average molecular weight is 403 g/mol. The summed E-state index contributed by atoms with van der Waals surface area (Å²) in [6.07, 6.45) is 2.58. The van der Waals surface area contributed by atoms with E-state index in [9.17, 15) is 4.79 Å². The maximum absolute atomic E-state index is 12.5. The van der Waals surface area contributed by atoms with E-state index in [2.05, 4.69) is 26.1 Å². The molecule has 2 aliphatic rings. The number of nitrogens with zero attached hydrogens (tertiary/aromatic N) is 2. The van der Waals surface area contributed by atoms with E-state index < -0.39 is 0 Å². The number of halogens is 2. The number of nitrogens with one attached hydrogen (secondary N) is 1. The van der Waals surface area contributed by atoms with Gasteiger partial charge in [-0.05, 0) is 56.1 Å². The molecule has 2 heterocycles. The topological polar surface area (TPSA) is 35.6 Å². The van der Waals surface area contributed by atoms with Gasteiger partial charge in [0.05, 0.1) is 0 Å². The Balaban J connectivity index is 0.00000192. The zero-order valence-electron chi connectivity index (χ0n) is 13.3. The minimum absolute atomic E-state index is 0. The van der Waals surface area contributed by atoms with Crippen molar-refractivity contribution in [1.82, 2.24) is 15.1 Å². The van der Waals surface area contributed by atoms with Crippen LogP contribution in [0.4, 0.5) is 0 Å². The van der Waals surface area contributed by atoms with Crippen molar-refractivity contribution in [2.75, 3.05) is 45.8 Å². The van der Waals surface area contributed by atoms with Gasteiger partial charge in [-0.1, -0.05) is 15.9 Å². The van der Waals surface area contributed by atoms with Gasteiger partial charge in [0.1, 0.15) is 0 Å². The molecule has 4 nitrogen and oxygen atoms in total. The van der Waals surface area contributed by atoms with Crippen molar-refractivity contribution in [3.8, 4) is 0 Å². The molecular formula is C17H25BrClN3O. The van der Waals surface area contributed by atoms with Gasteiger partial charge in [0.15, 0.2) is 0 Å². The van der Waals surface area contributed by atoms with Gasteiger partial charge in [-0.15, -0.1) is 12.4 Å². The highest BCUT2D eigenvalue weighted by atomic mass is 79.9. The van der Waals surface area contributed by atoms with Gasteiger partial charge in [-0.2, -0.15) is 0 Å². The van der Waals surface area contributed by atoms with Gasteiger partial charge in [0.25, 0.3) is 5.91 Å². The molecule has 1 aromatic rings. The number of benzene rings is 1. The lowest BCUT2D eigenvalue weighted by Gasteiger charge is -2.37. The fourth-order valence-electron chi connectivity index (χ4n) is 3.34. The third-order valence-electron chi connectivity index (χ3n) is 4.73. The predicted octanol–water partition coefficient (Wildman–Crippen LogP) is 2.63. The SMILES string of the molecule is Cl.O=C(c1ccc(Br)cc1)N1CCN(CC2CCNCC2)CC1.